The first-order valence-electron chi connectivity index (χ1n) is 7.47. The molecule has 0 N–H and O–H groups in total. The monoisotopic (exact) mass is 323 g/mol. The van der Waals surface area contributed by atoms with Crippen molar-refractivity contribution in [3.63, 3.8) is 0 Å². The highest BCUT2D eigenvalue weighted by Crippen LogP contribution is 2.41. The van der Waals surface area contributed by atoms with E-state index in [0.717, 1.165) is 38.3 Å². The van der Waals surface area contributed by atoms with Crippen LogP contribution in [-0.2, 0) is 4.74 Å². The van der Waals surface area contributed by atoms with Crippen LogP contribution in [0.25, 0.3) is 0 Å². The molecule has 2 saturated heterocycles. The van der Waals surface area contributed by atoms with Crippen LogP contribution in [0.4, 0.5) is 0 Å². The summed E-state index contributed by atoms with van der Waals surface area (Å²) in [6.07, 6.45) is 1.78. The van der Waals surface area contributed by atoms with Crippen molar-refractivity contribution in [2.75, 3.05) is 39.7 Å². The molecule has 0 saturated carbocycles. The molecule has 0 radical (unpaired) electrons. The molecule has 2 fully saturated rings. The van der Waals surface area contributed by atoms with Crippen LogP contribution in [0.3, 0.4) is 0 Å². The summed E-state index contributed by atoms with van der Waals surface area (Å²) in [7, 11) is 3.17. The molecule has 1 aromatic rings. The van der Waals surface area contributed by atoms with Gasteiger partial charge < -0.3 is 19.1 Å². The maximum absolute atomic E-state index is 12.7. The number of hydrogen-bond donors (Lipinski definition) is 0. The molecule has 6 heteroatoms. The van der Waals surface area contributed by atoms with Crippen LogP contribution in [0.2, 0.25) is 0 Å². The number of amides is 1. The number of ether oxygens (including phenoxy) is 3. The first-order chi connectivity index (χ1) is 10.7. The molecule has 1 spiro atoms. The third-order valence-corrected chi connectivity index (χ3v) is 5.69. The van der Waals surface area contributed by atoms with Crippen molar-refractivity contribution in [2.45, 2.75) is 17.8 Å². The molecule has 0 aromatic heterocycles. The Hall–Kier alpha value is -1.40. The molecule has 5 nitrogen and oxygen atoms in total. The number of rotatable bonds is 3. The quantitative estimate of drug-likeness (QED) is 0.855. The van der Waals surface area contributed by atoms with Gasteiger partial charge in [0, 0.05) is 37.8 Å². The van der Waals surface area contributed by atoms with E-state index in [1.165, 1.54) is 0 Å². The van der Waals surface area contributed by atoms with E-state index in [1.54, 1.807) is 32.4 Å². The van der Waals surface area contributed by atoms with Gasteiger partial charge in [-0.05, 0) is 12.1 Å². The Morgan fingerprint density at radius 2 is 2.05 bits per heavy atom. The number of carbonyl (C=O) groups excluding carboxylic acids is 1. The second-order valence-electron chi connectivity index (χ2n) is 5.47. The molecule has 2 aliphatic rings. The summed E-state index contributed by atoms with van der Waals surface area (Å²) >= 11 is 1.89. The van der Waals surface area contributed by atoms with E-state index >= 15 is 0 Å². The van der Waals surface area contributed by atoms with Crippen molar-refractivity contribution in [3.8, 4) is 11.5 Å². The molecule has 0 aliphatic carbocycles. The molecule has 0 unspecified atom stereocenters. The third kappa shape index (κ3) is 2.90. The number of hydrogen-bond acceptors (Lipinski definition) is 5. The Balaban J connectivity index is 1.72. The number of methoxy groups -OCH3 is 2. The Labute approximate surface area is 134 Å². The molecular formula is C16H21NO4S. The van der Waals surface area contributed by atoms with Crippen molar-refractivity contribution in [1.82, 2.24) is 4.90 Å². The zero-order chi connectivity index (χ0) is 15.6. The number of benzene rings is 1. The van der Waals surface area contributed by atoms with Gasteiger partial charge in [-0.2, -0.15) is 0 Å². The minimum absolute atomic E-state index is 0.0114. The van der Waals surface area contributed by atoms with E-state index in [-0.39, 0.29) is 10.8 Å². The van der Waals surface area contributed by atoms with Crippen LogP contribution < -0.4 is 9.47 Å². The summed E-state index contributed by atoms with van der Waals surface area (Å²) in [6, 6.07) is 5.30. The Morgan fingerprint density at radius 3 is 2.64 bits per heavy atom. The lowest BCUT2D eigenvalue weighted by Crippen LogP contribution is -2.45. The lowest BCUT2D eigenvalue weighted by molar-refractivity contribution is 0.00346. The molecule has 3 rings (SSSR count). The fourth-order valence-corrected chi connectivity index (χ4v) is 4.16. The first kappa shape index (κ1) is 15.5. The average molecular weight is 323 g/mol. The lowest BCUT2D eigenvalue weighted by Gasteiger charge is -2.38. The van der Waals surface area contributed by atoms with Gasteiger partial charge in [-0.3, -0.25) is 4.79 Å². The average Bonchev–Trinajstić information content (AvgIpc) is 3.02. The summed E-state index contributed by atoms with van der Waals surface area (Å²) in [5.41, 5.74) is 0.583. The first-order valence-corrected chi connectivity index (χ1v) is 8.45. The third-order valence-electron chi connectivity index (χ3n) is 4.27. The van der Waals surface area contributed by atoms with Gasteiger partial charge in [0.2, 0.25) is 0 Å². The van der Waals surface area contributed by atoms with Gasteiger partial charge in [0.05, 0.1) is 26.4 Å². The van der Waals surface area contributed by atoms with E-state index in [2.05, 4.69) is 0 Å². The summed E-state index contributed by atoms with van der Waals surface area (Å²) in [4.78, 5) is 14.6. The van der Waals surface area contributed by atoms with Gasteiger partial charge in [0.15, 0.2) is 0 Å². The van der Waals surface area contributed by atoms with Crippen molar-refractivity contribution in [3.05, 3.63) is 23.8 Å². The summed E-state index contributed by atoms with van der Waals surface area (Å²) in [5.74, 6) is 2.30. The number of piperidine rings is 1. The highest BCUT2D eigenvalue weighted by Gasteiger charge is 2.40. The van der Waals surface area contributed by atoms with E-state index in [9.17, 15) is 4.79 Å². The highest BCUT2D eigenvalue weighted by molar-refractivity contribution is 8.00. The van der Waals surface area contributed by atoms with Crippen LogP contribution in [0.15, 0.2) is 18.2 Å². The topological polar surface area (TPSA) is 48.0 Å². The normalized spacial score (nSPS) is 20.2. The van der Waals surface area contributed by atoms with Crippen LogP contribution in [0.5, 0.6) is 11.5 Å². The maximum Gasteiger partial charge on any atom is 0.257 e. The molecule has 2 aliphatic heterocycles. The molecule has 0 atom stereocenters. The lowest BCUT2D eigenvalue weighted by atomic mass is 10.0. The van der Waals surface area contributed by atoms with E-state index in [4.69, 9.17) is 14.2 Å². The zero-order valence-electron chi connectivity index (χ0n) is 13.0. The Morgan fingerprint density at radius 1 is 1.27 bits per heavy atom. The predicted molar refractivity (Wildman–Crippen MR) is 85.8 cm³/mol. The standard InChI is InChI=1S/C16H21NO4S/c1-19-12-3-4-13(14(11-12)20-2)15(18)17-7-5-16(6-8-17)21-9-10-22-16/h3-4,11H,5-10H2,1-2H3. The number of nitrogens with zero attached hydrogens (tertiary/aromatic N) is 1. The van der Waals surface area contributed by atoms with Crippen molar-refractivity contribution >= 4 is 17.7 Å². The van der Waals surface area contributed by atoms with Gasteiger partial charge in [-0.1, -0.05) is 0 Å². The summed E-state index contributed by atoms with van der Waals surface area (Å²) in [6.45, 7) is 2.27. The summed E-state index contributed by atoms with van der Waals surface area (Å²) < 4.78 is 16.4. The van der Waals surface area contributed by atoms with Crippen LogP contribution in [0.1, 0.15) is 23.2 Å². The minimum Gasteiger partial charge on any atom is -0.497 e. The van der Waals surface area contributed by atoms with E-state index < -0.39 is 0 Å². The molecule has 1 amide bonds. The molecule has 22 heavy (non-hydrogen) atoms. The van der Waals surface area contributed by atoms with Gasteiger partial charge in [0.1, 0.15) is 16.4 Å². The zero-order valence-corrected chi connectivity index (χ0v) is 13.8. The maximum atomic E-state index is 12.7. The molecule has 1 aromatic carbocycles. The smallest absolute Gasteiger partial charge is 0.257 e. The highest BCUT2D eigenvalue weighted by atomic mass is 32.2. The van der Waals surface area contributed by atoms with Crippen LogP contribution >= 0.6 is 11.8 Å². The van der Waals surface area contributed by atoms with Crippen LogP contribution in [0, 0.1) is 0 Å². The van der Waals surface area contributed by atoms with Gasteiger partial charge >= 0.3 is 0 Å². The van der Waals surface area contributed by atoms with Gasteiger partial charge in [0.25, 0.3) is 5.91 Å². The van der Waals surface area contributed by atoms with Gasteiger partial charge in [-0.15, -0.1) is 11.8 Å². The van der Waals surface area contributed by atoms with Crippen molar-refractivity contribution in [2.24, 2.45) is 0 Å². The van der Waals surface area contributed by atoms with E-state index in [0.29, 0.717) is 17.1 Å². The molecule has 2 heterocycles. The molecule has 120 valence electrons. The van der Waals surface area contributed by atoms with Crippen molar-refractivity contribution in [1.29, 1.82) is 0 Å². The SMILES string of the molecule is COc1ccc(C(=O)N2CCC3(CC2)OCCS3)c(OC)c1. The predicted octanol–water partition coefficient (Wildman–Crippen LogP) is 2.40. The van der Waals surface area contributed by atoms with Gasteiger partial charge in [-0.25, -0.2) is 0 Å². The number of thioether (sulfide) groups is 1. The largest absolute Gasteiger partial charge is 0.497 e. The van der Waals surface area contributed by atoms with E-state index in [1.807, 2.05) is 16.7 Å². The second-order valence-corrected chi connectivity index (χ2v) is 6.91. The fraction of sp³-hybridized carbons (Fsp3) is 0.562. The molecular weight excluding hydrogens is 302 g/mol. The molecule has 0 bridgehead atoms. The Bertz CT molecular complexity index is 547. The summed E-state index contributed by atoms with van der Waals surface area (Å²) in [5, 5.41) is 0. The van der Waals surface area contributed by atoms with Crippen LogP contribution in [-0.4, -0.2) is 55.4 Å². The minimum atomic E-state index is -0.0548. The Kier molecular flexibility index (Phi) is 4.49. The van der Waals surface area contributed by atoms with Crippen molar-refractivity contribution < 1.29 is 19.0 Å². The fourth-order valence-electron chi connectivity index (χ4n) is 2.98. The second kappa shape index (κ2) is 6.38. The number of carbonyl (C=O) groups is 1. The number of likely N-dealkylation sites (tertiary alicyclic amines) is 1.